The van der Waals surface area contributed by atoms with E-state index < -0.39 is 12.2 Å². The van der Waals surface area contributed by atoms with E-state index in [1.54, 1.807) is 12.1 Å². The number of phenols is 1. The predicted molar refractivity (Wildman–Crippen MR) is 93.2 cm³/mol. The van der Waals surface area contributed by atoms with E-state index in [4.69, 9.17) is 4.74 Å². The molecule has 3 unspecified atom stereocenters. The Labute approximate surface area is 142 Å². The van der Waals surface area contributed by atoms with Crippen LogP contribution in [0.4, 0.5) is 0 Å². The van der Waals surface area contributed by atoms with Crippen molar-refractivity contribution in [2.75, 3.05) is 13.2 Å². The molecule has 0 saturated heterocycles. The molecule has 4 N–H and O–H groups in total. The van der Waals surface area contributed by atoms with Crippen molar-refractivity contribution >= 4 is 0 Å². The molecule has 0 spiro atoms. The van der Waals surface area contributed by atoms with Crippen LogP contribution in [0.15, 0.2) is 48.5 Å². The van der Waals surface area contributed by atoms with Gasteiger partial charge in [-0.25, -0.2) is 0 Å². The number of ether oxygens (including phenoxy) is 1. The number of rotatable bonds is 8. The molecule has 24 heavy (non-hydrogen) atoms. The number of aromatic hydroxyl groups is 1. The van der Waals surface area contributed by atoms with E-state index in [2.05, 4.69) is 5.32 Å². The van der Waals surface area contributed by atoms with Gasteiger partial charge in [0, 0.05) is 12.6 Å². The Hall–Kier alpha value is -2.08. The van der Waals surface area contributed by atoms with Gasteiger partial charge in [-0.05, 0) is 43.2 Å². The van der Waals surface area contributed by atoms with Crippen molar-refractivity contribution in [3.63, 3.8) is 0 Å². The van der Waals surface area contributed by atoms with Crippen molar-refractivity contribution in [2.24, 2.45) is 0 Å². The first-order valence-electron chi connectivity index (χ1n) is 8.04. The fraction of sp³-hybridized carbons (Fsp3) is 0.368. The summed E-state index contributed by atoms with van der Waals surface area (Å²) >= 11 is 0. The molecule has 0 heterocycles. The topological polar surface area (TPSA) is 82.0 Å². The van der Waals surface area contributed by atoms with Gasteiger partial charge in [-0.15, -0.1) is 0 Å². The van der Waals surface area contributed by atoms with Gasteiger partial charge in [0.05, 0.1) is 6.10 Å². The molecule has 5 heteroatoms. The normalized spacial score (nSPS) is 14.8. The minimum absolute atomic E-state index is 0.162. The van der Waals surface area contributed by atoms with Crippen molar-refractivity contribution in [3.8, 4) is 11.5 Å². The van der Waals surface area contributed by atoms with E-state index in [9.17, 15) is 15.3 Å². The second kappa shape index (κ2) is 8.68. The standard InChI is InChI=1S/C19H25NO4/c1-13-5-3-4-6-18(13)24-12-17(22)11-20-14(2)19(23)15-7-9-16(21)10-8-15/h3-10,14,17,19-23H,11-12H2,1-2H3. The SMILES string of the molecule is Cc1ccccc1OCC(O)CNC(C)C(O)c1ccc(O)cc1. The minimum atomic E-state index is -0.727. The summed E-state index contributed by atoms with van der Waals surface area (Å²) in [4.78, 5) is 0. The number of aryl methyl sites for hydroxylation is 1. The van der Waals surface area contributed by atoms with E-state index >= 15 is 0 Å². The zero-order chi connectivity index (χ0) is 17.5. The number of benzene rings is 2. The first kappa shape index (κ1) is 18.3. The van der Waals surface area contributed by atoms with Crippen molar-refractivity contribution in [3.05, 3.63) is 59.7 Å². The van der Waals surface area contributed by atoms with Crippen LogP contribution in [-0.4, -0.2) is 40.6 Å². The van der Waals surface area contributed by atoms with Crippen molar-refractivity contribution < 1.29 is 20.1 Å². The molecule has 0 radical (unpaired) electrons. The maximum absolute atomic E-state index is 10.3. The van der Waals surface area contributed by atoms with Crippen LogP contribution in [0.1, 0.15) is 24.2 Å². The minimum Gasteiger partial charge on any atom is -0.508 e. The van der Waals surface area contributed by atoms with E-state index in [0.29, 0.717) is 12.1 Å². The molecule has 3 atom stereocenters. The van der Waals surface area contributed by atoms with Gasteiger partial charge in [-0.2, -0.15) is 0 Å². The lowest BCUT2D eigenvalue weighted by Crippen LogP contribution is -2.39. The van der Waals surface area contributed by atoms with Crippen LogP contribution in [0.3, 0.4) is 0 Å². The van der Waals surface area contributed by atoms with Crippen molar-refractivity contribution in [2.45, 2.75) is 32.1 Å². The fourth-order valence-corrected chi connectivity index (χ4v) is 2.36. The van der Waals surface area contributed by atoms with Crippen LogP contribution >= 0.6 is 0 Å². The van der Waals surface area contributed by atoms with Crippen molar-refractivity contribution in [1.29, 1.82) is 0 Å². The molecule has 2 aromatic rings. The van der Waals surface area contributed by atoms with E-state index in [0.717, 1.165) is 11.3 Å². The number of para-hydroxylation sites is 1. The summed E-state index contributed by atoms with van der Waals surface area (Å²) in [5, 5.41) is 32.7. The number of hydrogen-bond donors (Lipinski definition) is 4. The molecular formula is C19H25NO4. The average molecular weight is 331 g/mol. The Morgan fingerprint density at radius 1 is 1.04 bits per heavy atom. The molecule has 2 rings (SSSR count). The summed E-state index contributed by atoms with van der Waals surface area (Å²) < 4.78 is 5.61. The van der Waals surface area contributed by atoms with Crippen LogP contribution in [0.2, 0.25) is 0 Å². The average Bonchev–Trinajstić information content (AvgIpc) is 2.59. The molecule has 0 aliphatic carbocycles. The van der Waals surface area contributed by atoms with E-state index in [-0.39, 0.29) is 18.4 Å². The van der Waals surface area contributed by atoms with Gasteiger partial charge in [-0.1, -0.05) is 30.3 Å². The molecule has 130 valence electrons. The van der Waals surface area contributed by atoms with Gasteiger partial charge in [0.15, 0.2) is 0 Å². The molecule has 0 bridgehead atoms. The summed E-state index contributed by atoms with van der Waals surface area (Å²) in [5.41, 5.74) is 1.73. The number of phenolic OH excluding ortho intramolecular Hbond substituents is 1. The van der Waals surface area contributed by atoms with Crippen LogP contribution in [0.25, 0.3) is 0 Å². The highest BCUT2D eigenvalue weighted by molar-refractivity contribution is 5.31. The van der Waals surface area contributed by atoms with Gasteiger partial charge in [0.25, 0.3) is 0 Å². The molecule has 2 aromatic carbocycles. The largest absolute Gasteiger partial charge is 0.508 e. The Balaban J connectivity index is 1.77. The lowest BCUT2D eigenvalue weighted by Gasteiger charge is -2.22. The quantitative estimate of drug-likeness (QED) is 0.596. The lowest BCUT2D eigenvalue weighted by atomic mass is 10.0. The maximum atomic E-state index is 10.3. The van der Waals surface area contributed by atoms with Crippen LogP contribution in [-0.2, 0) is 0 Å². The number of nitrogens with one attached hydrogen (secondary N) is 1. The highest BCUT2D eigenvalue weighted by atomic mass is 16.5. The first-order valence-corrected chi connectivity index (χ1v) is 8.04. The number of aliphatic hydroxyl groups is 2. The number of hydrogen-bond acceptors (Lipinski definition) is 5. The Bertz CT molecular complexity index is 630. The highest BCUT2D eigenvalue weighted by Crippen LogP contribution is 2.20. The smallest absolute Gasteiger partial charge is 0.122 e. The van der Waals surface area contributed by atoms with E-state index in [1.165, 1.54) is 12.1 Å². The van der Waals surface area contributed by atoms with Crippen molar-refractivity contribution in [1.82, 2.24) is 5.32 Å². The summed E-state index contributed by atoms with van der Waals surface area (Å²) in [7, 11) is 0. The molecule has 5 nitrogen and oxygen atoms in total. The third kappa shape index (κ3) is 5.23. The zero-order valence-corrected chi connectivity index (χ0v) is 14.0. The molecule has 0 saturated carbocycles. The third-order valence-corrected chi connectivity index (χ3v) is 3.91. The summed E-state index contributed by atoms with van der Waals surface area (Å²) in [6.45, 7) is 4.28. The molecule has 0 amide bonds. The highest BCUT2D eigenvalue weighted by Gasteiger charge is 2.17. The molecule has 0 aliphatic rings. The Kier molecular flexibility index (Phi) is 6.61. The summed E-state index contributed by atoms with van der Waals surface area (Å²) in [6, 6.07) is 13.8. The van der Waals surface area contributed by atoms with Gasteiger partial charge in [-0.3, -0.25) is 0 Å². The van der Waals surface area contributed by atoms with Gasteiger partial charge < -0.3 is 25.4 Å². The van der Waals surface area contributed by atoms with Gasteiger partial charge in [0.1, 0.15) is 24.2 Å². The van der Waals surface area contributed by atoms with E-state index in [1.807, 2.05) is 38.1 Å². The second-order valence-electron chi connectivity index (χ2n) is 5.96. The fourth-order valence-electron chi connectivity index (χ4n) is 2.36. The predicted octanol–water partition coefficient (Wildman–Crippen LogP) is 2.15. The zero-order valence-electron chi connectivity index (χ0n) is 14.0. The molecule has 0 aliphatic heterocycles. The summed E-state index contributed by atoms with van der Waals surface area (Å²) in [6.07, 6.45) is -1.41. The third-order valence-electron chi connectivity index (χ3n) is 3.91. The van der Waals surface area contributed by atoms with Crippen LogP contribution in [0, 0.1) is 6.92 Å². The monoisotopic (exact) mass is 331 g/mol. The van der Waals surface area contributed by atoms with Crippen LogP contribution < -0.4 is 10.1 Å². The Morgan fingerprint density at radius 3 is 2.38 bits per heavy atom. The molecule has 0 aromatic heterocycles. The molecule has 0 fully saturated rings. The maximum Gasteiger partial charge on any atom is 0.122 e. The summed E-state index contributed by atoms with van der Waals surface area (Å²) in [5.74, 6) is 0.920. The second-order valence-corrected chi connectivity index (χ2v) is 5.96. The molecular weight excluding hydrogens is 306 g/mol. The lowest BCUT2D eigenvalue weighted by molar-refractivity contribution is 0.0874. The van der Waals surface area contributed by atoms with Crippen LogP contribution in [0.5, 0.6) is 11.5 Å². The first-order chi connectivity index (χ1) is 11.5. The van der Waals surface area contributed by atoms with Gasteiger partial charge in [0.2, 0.25) is 0 Å². The van der Waals surface area contributed by atoms with Gasteiger partial charge >= 0.3 is 0 Å². The number of aliphatic hydroxyl groups excluding tert-OH is 2. The Morgan fingerprint density at radius 2 is 1.71 bits per heavy atom.